The number of carbonyl (C=O) groups is 1. The average molecular weight is 411 g/mol. The maximum atomic E-state index is 13.0. The van der Waals surface area contributed by atoms with Crippen LogP contribution in [0.15, 0.2) is 24.3 Å². The van der Waals surface area contributed by atoms with Crippen LogP contribution in [0.25, 0.3) is 10.2 Å². The quantitative estimate of drug-likeness (QED) is 0.661. The van der Waals surface area contributed by atoms with Crippen LogP contribution in [-0.2, 0) is 6.18 Å². The van der Waals surface area contributed by atoms with Gasteiger partial charge >= 0.3 is 6.18 Å². The van der Waals surface area contributed by atoms with E-state index < -0.39 is 17.8 Å². The molecule has 0 unspecified atom stereocenters. The SMILES string of the molecule is COc1ccc(NC(=O)c2sc3nc(C(F)(F)F)cc(C)c3c2N)cc1OC. The highest BCUT2D eigenvalue weighted by molar-refractivity contribution is 7.21. The summed E-state index contributed by atoms with van der Waals surface area (Å²) in [4.78, 5) is 16.4. The Balaban J connectivity index is 1.98. The minimum atomic E-state index is -4.58. The Bertz CT molecular complexity index is 1060. The number of hydrogen-bond donors (Lipinski definition) is 2. The molecule has 3 rings (SSSR count). The fourth-order valence-electron chi connectivity index (χ4n) is 2.73. The molecule has 0 aliphatic heterocycles. The van der Waals surface area contributed by atoms with E-state index in [2.05, 4.69) is 10.3 Å². The molecule has 2 heterocycles. The fraction of sp³-hybridized carbons (Fsp3) is 0.222. The first-order valence-corrected chi connectivity index (χ1v) is 8.77. The van der Waals surface area contributed by atoms with Crippen LogP contribution in [0.2, 0.25) is 0 Å². The molecule has 0 aliphatic carbocycles. The van der Waals surface area contributed by atoms with Crippen molar-refractivity contribution in [1.29, 1.82) is 0 Å². The summed E-state index contributed by atoms with van der Waals surface area (Å²) < 4.78 is 49.3. The van der Waals surface area contributed by atoms with Crippen molar-refractivity contribution in [1.82, 2.24) is 4.98 Å². The van der Waals surface area contributed by atoms with Gasteiger partial charge in [0.05, 0.1) is 19.9 Å². The number of aromatic nitrogens is 1. The van der Waals surface area contributed by atoms with E-state index in [1.165, 1.54) is 21.1 Å². The van der Waals surface area contributed by atoms with Crippen molar-refractivity contribution in [3.05, 3.63) is 40.4 Å². The van der Waals surface area contributed by atoms with Gasteiger partial charge in [-0.3, -0.25) is 4.79 Å². The van der Waals surface area contributed by atoms with E-state index in [0.717, 1.165) is 17.4 Å². The number of benzene rings is 1. The van der Waals surface area contributed by atoms with E-state index in [4.69, 9.17) is 15.2 Å². The number of amides is 1. The molecule has 1 amide bonds. The summed E-state index contributed by atoms with van der Waals surface area (Å²) in [5.41, 5.74) is 5.83. The van der Waals surface area contributed by atoms with Crippen LogP contribution in [0.3, 0.4) is 0 Å². The van der Waals surface area contributed by atoms with Gasteiger partial charge in [-0.25, -0.2) is 4.98 Å². The normalized spacial score (nSPS) is 11.5. The van der Waals surface area contributed by atoms with Crippen LogP contribution in [0.1, 0.15) is 20.9 Å². The first-order chi connectivity index (χ1) is 13.2. The summed E-state index contributed by atoms with van der Waals surface area (Å²) in [5.74, 6) is 0.346. The smallest absolute Gasteiger partial charge is 0.433 e. The molecule has 0 atom stereocenters. The highest BCUT2D eigenvalue weighted by Crippen LogP contribution is 2.39. The molecular weight excluding hydrogens is 395 g/mol. The van der Waals surface area contributed by atoms with E-state index >= 15 is 0 Å². The summed E-state index contributed by atoms with van der Waals surface area (Å²) >= 11 is 0.809. The molecule has 0 bridgehead atoms. The molecule has 3 N–H and O–H groups in total. The minimum absolute atomic E-state index is 0.0577. The number of fused-ring (bicyclic) bond motifs is 1. The number of aryl methyl sites for hydroxylation is 1. The van der Waals surface area contributed by atoms with E-state index in [0.29, 0.717) is 28.1 Å². The van der Waals surface area contributed by atoms with Crippen LogP contribution in [0.5, 0.6) is 11.5 Å². The van der Waals surface area contributed by atoms with Gasteiger partial charge in [-0.1, -0.05) is 0 Å². The number of methoxy groups -OCH3 is 2. The summed E-state index contributed by atoms with van der Waals surface area (Å²) in [6, 6.07) is 5.70. The van der Waals surface area contributed by atoms with Crippen LogP contribution in [0.4, 0.5) is 24.5 Å². The second kappa shape index (κ2) is 7.19. The van der Waals surface area contributed by atoms with Crippen molar-refractivity contribution in [3.63, 3.8) is 0 Å². The van der Waals surface area contributed by atoms with Crippen LogP contribution >= 0.6 is 11.3 Å². The van der Waals surface area contributed by atoms with Gasteiger partial charge in [0.2, 0.25) is 0 Å². The number of thiophene rings is 1. The molecule has 6 nitrogen and oxygen atoms in total. The maximum absolute atomic E-state index is 13.0. The van der Waals surface area contributed by atoms with Crippen molar-refractivity contribution in [3.8, 4) is 11.5 Å². The molecule has 0 radical (unpaired) electrons. The second-order valence-corrected chi connectivity index (χ2v) is 6.87. The number of halogens is 3. The van der Waals surface area contributed by atoms with Crippen molar-refractivity contribution < 1.29 is 27.4 Å². The van der Waals surface area contributed by atoms with Gasteiger partial charge in [-0.05, 0) is 30.7 Å². The monoisotopic (exact) mass is 411 g/mol. The number of nitrogens with one attached hydrogen (secondary N) is 1. The number of rotatable bonds is 4. The molecule has 0 spiro atoms. The lowest BCUT2D eigenvalue weighted by Crippen LogP contribution is -2.12. The third-order valence-electron chi connectivity index (χ3n) is 4.03. The highest BCUT2D eigenvalue weighted by Gasteiger charge is 2.34. The van der Waals surface area contributed by atoms with Gasteiger partial charge in [-0.2, -0.15) is 13.2 Å². The Morgan fingerprint density at radius 2 is 1.86 bits per heavy atom. The first-order valence-electron chi connectivity index (χ1n) is 7.96. The Hall–Kier alpha value is -3.01. The van der Waals surface area contributed by atoms with E-state index in [9.17, 15) is 18.0 Å². The number of nitrogen functional groups attached to an aromatic ring is 1. The first kappa shape index (κ1) is 19.7. The number of ether oxygens (including phenoxy) is 2. The number of nitrogens with zero attached hydrogens (tertiary/aromatic N) is 1. The van der Waals surface area contributed by atoms with Gasteiger partial charge in [0.25, 0.3) is 5.91 Å². The molecule has 148 valence electrons. The van der Waals surface area contributed by atoms with Gasteiger partial charge in [0, 0.05) is 17.1 Å². The predicted molar refractivity (Wildman–Crippen MR) is 101 cm³/mol. The van der Waals surface area contributed by atoms with Crippen LogP contribution in [0, 0.1) is 6.92 Å². The number of carbonyl (C=O) groups excluding carboxylic acids is 1. The molecule has 2 aromatic heterocycles. The number of anilines is 2. The second-order valence-electron chi connectivity index (χ2n) is 5.87. The summed E-state index contributed by atoms with van der Waals surface area (Å²) in [6.45, 7) is 1.50. The lowest BCUT2D eigenvalue weighted by atomic mass is 10.1. The zero-order valence-electron chi connectivity index (χ0n) is 15.1. The molecule has 0 fully saturated rings. The summed E-state index contributed by atoms with van der Waals surface area (Å²) in [7, 11) is 2.94. The maximum Gasteiger partial charge on any atom is 0.433 e. The van der Waals surface area contributed by atoms with Gasteiger partial charge in [0.15, 0.2) is 11.5 Å². The Kier molecular flexibility index (Phi) is 5.07. The van der Waals surface area contributed by atoms with Crippen molar-refractivity contribution >= 4 is 38.8 Å². The van der Waals surface area contributed by atoms with E-state index in [-0.39, 0.29) is 15.4 Å². The fourth-order valence-corrected chi connectivity index (χ4v) is 3.79. The summed E-state index contributed by atoms with van der Waals surface area (Å²) in [5, 5.41) is 3.00. The topological polar surface area (TPSA) is 86.5 Å². The third kappa shape index (κ3) is 3.55. The molecule has 0 saturated heterocycles. The van der Waals surface area contributed by atoms with Crippen molar-refractivity contribution in [2.75, 3.05) is 25.3 Å². The zero-order valence-corrected chi connectivity index (χ0v) is 15.9. The van der Waals surface area contributed by atoms with Gasteiger partial charge in [-0.15, -0.1) is 11.3 Å². The molecular formula is C18H16F3N3O3S. The largest absolute Gasteiger partial charge is 0.493 e. The van der Waals surface area contributed by atoms with Crippen molar-refractivity contribution in [2.24, 2.45) is 0 Å². The standard InChI is InChI=1S/C18H16F3N3O3S/c1-8-6-12(18(19,20)21)24-17-13(8)14(22)15(28-17)16(25)23-9-4-5-10(26-2)11(7-9)27-3/h4-7H,22H2,1-3H3,(H,23,25). The van der Waals surface area contributed by atoms with Gasteiger partial charge < -0.3 is 20.5 Å². The molecule has 10 heteroatoms. The molecule has 1 aromatic carbocycles. The number of nitrogens with two attached hydrogens (primary N) is 1. The Morgan fingerprint density at radius 3 is 2.46 bits per heavy atom. The van der Waals surface area contributed by atoms with Crippen LogP contribution < -0.4 is 20.5 Å². The number of alkyl halides is 3. The third-order valence-corrected chi connectivity index (χ3v) is 5.13. The highest BCUT2D eigenvalue weighted by atomic mass is 32.1. The zero-order chi connectivity index (χ0) is 20.6. The Labute approximate surface area is 162 Å². The van der Waals surface area contributed by atoms with Gasteiger partial charge in [0.1, 0.15) is 15.4 Å². The van der Waals surface area contributed by atoms with Crippen LogP contribution in [-0.4, -0.2) is 25.1 Å². The molecule has 0 saturated carbocycles. The average Bonchev–Trinajstić information content (AvgIpc) is 2.98. The summed E-state index contributed by atoms with van der Waals surface area (Å²) in [6.07, 6.45) is -4.58. The number of hydrogen-bond acceptors (Lipinski definition) is 6. The Morgan fingerprint density at radius 1 is 1.18 bits per heavy atom. The minimum Gasteiger partial charge on any atom is -0.493 e. The lowest BCUT2D eigenvalue weighted by Gasteiger charge is -2.10. The van der Waals surface area contributed by atoms with E-state index in [1.807, 2.05) is 0 Å². The van der Waals surface area contributed by atoms with E-state index in [1.54, 1.807) is 18.2 Å². The molecule has 3 aromatic rings. The number of pyridine rings is 1. The predicted octanol–water partition coefficient (Wildman–Crippen LogP) is 4.48. The molecule has 28 heavy (non-hydrogen) atoms. The molecule has 0 aliphatic rings. The lowest BCUT2D eigenvalue weighted by molar-refractivity contribution is -0.141. The van der Waals surface area contributed by atoms with Crippen molar-refractivity contribution in [2.45, 2.75) is 13.1 Å².